The fourth-order valence-electron chi connectivity index (χ4n) is 2.31. The Kier molecular flexibility index (Phi) is 19.4. The summed E-state index contributed by atoms with van der Waals surface area (Å²) in [5.74, 6) is -0.0559. The Bertz CT molecular complexity index is 237. The van der Waals surface area contributed by atoms with Crippen LogP contribution in [0.15, 0.2) is 12.7 Å². The smallest absolute Gasteiger partial charge is 1.00 e. The van der Waals surface area contributed by atoms with E-state index in [1.807, 2.05) is 0 Å². The maximum Gasteiger partial charge on any atom is 1.00 e. The molecule has 0 aromatic carbocycles. The number of unbranched alkanes of at least 4 members (excludes halogenated alkanes) is 9. The second-order valence-electron chi connectivity index (χ2n) is 5.58. The Morgan fingerprint density at radius 3 is 1.95 bits per heavy atom. The molecule has 1 N–H and O–H groups in total. The van der Waals surface area contributed by atoms with Crippen LogP contribution in [0.1, 0.15) is 85.9 Å². The molecule has 20 heavy (non-hydrogen) atoms. The van der Waals surface area contributed by atoms with Crippen LogP contribution in [0.25, 0.3) is 0 Å². The summed E-state index contributed by atoms with van der Waals surface area (Å²) >= 11 is 0. The zero-order chi connectivity index (χ0) is 14.3. The molecule has 0 aliphatic heterocycles. The zero-order valence-electron chi connectivity index (χ0n) is 15.0. The maximum atomic E-state index is 11.1. The first-order valence-corrected chi connectivity index (χ1v) is 8.13. The Balaban J connectivity index is -0.00000162. The Morgan fingerprint density at radius 2 is 1.50 bits per heavy atom. The number of hydrogen-bond donors (Lipinski definition) is 1. The molecule has 0 fully saturated rings. The van der Waals surface area contributed by atoms with Gasteiger partial charge in [0.05, 0.1) is 0 Å². The van der Waals surface area contributed by atoms with Crippen molar-refractivity contribution < 1.29 is 35.8 Å². The molecule has 0 saturated carbocycles. The molecule has 0 bridgehead atoms. The Hall–Kier alpha value is 0.210. The van der Waals surface area contributed by atoms with E-state index in [1.54, 1.807) is 0 Å². The van der Waals surface area contributed by atoms with Gasteiger partial charge in [-0.05, 0) is 19.4 Å². The molecule has 0 radical (unpaired) electrons. The fraction of sp³-hybridized carbons (Fsp3) is 0.824. The van der Waals surface area contributed by atoms with Gasteiger partial charge < -0.3 is 6.74 Å². The van der Waals surface area contributed by atoms with Gasteiger partial charge in [0.1, 0.15) is 0 Å². The normalized spacial score (nSPS) is 11.5. The van der Waals surface area contributed by atoms with Crippen LogP contribution in [0.2, 0.25) is 0 Å². The quantitative estimate of drug-likeness (QED) is 0.314. The Labute approximate surface area is 149 Å². The second-order valence-corrected chi connectivity index (χ2v) is 5.58. The van der Waals surface area contributed by atoms with E-state index in [-0.39, 0.29) is 42.9 Å². The summed E-state index contributed by atoms with van der Waals surface area (Å²) in [4.78, 5) is 11.1. The molecule has 2 nitrogen and oxygen atoms in total. The summed E-state index contributed by atoms with van der Waals surface area (Å²) in [6.07, 6.45) is 16.0. The number of amides is 1. The van der Waals surface area contributed by atoms with Crippen molar-refractivity contribution in [3.8, 4) is 0 Å². The minimum Gasteiger partial charge on any atom is -1.00 e. The summed E-state index contributed by atoms with van der Waals surface area (Å²) < 4.78 is 0. The maximum absolute atomic E-state index is 11.1. The molecule has 3 heteroatoms. The van der Waals surface area contributed by atoms with Crippen LogP contribution in [-0.2, 0) is 4.79 Å². The van der Waals surface area contributed by atoms with E-state index in [1.165, 1.54) is 70.3 Å². The minimum absolute atomic E-state index is 0. The van der Waals surface area contributed by atoms with Gasteiger partial charge in [-0.25, -0.2) is 0 Å². The monoisotopic (exact) mass is 291 g/mol. The van der Waals surface area contributed by atoms with E-state index < -0.39 is 0 Å². The number of nitrogens with one attached hydrogen (secondary N) is 1. The van der Waals surface area contributed by atoms with Crippen molar-refractivity contribution in [2.24, 2.45) is 0 Å². The summed E-state index contributed by atoms with van der Waals surface area (Å²) in [7, 11) is 0. The molecule has 0 aliphatic rings. The third kappa shape index (κ3) is 16.3. The van der Waals surface area contributed by atoms with E-state index >= 15 is 0 Å². The molecular formula is C17H34NNaO. The molecule has 0 saturated heterocycles. The van der Waals surface area contributed by atoms with Crippen LogP contribution in [0.5, 0.6) is 0 Å². The molecule has 0 rings (SSSR count). The van der Waals surface area contributed by atoms with Gasteiger partial charge in [0.2, 0.25) is 5.91 Å². The van der Waals surface area contributed by atoms with Crippen molar-refractivity contribution in [1.29, 1.82) is 0 Å². The predicted octanol–water partition coefficient (Wildman–Crippen LogP) is 2.10. The van der Waals surface area contributed by atoms with Crippen molar-refractivity contribution in [1.82, 2.24) is 5.32 Å². The molecule has 1 amide bonds. The molecule has 1 unspecified atom stereocenters. The van der Waals surface area contributed by atoms with Gasteiger partial charge in [0.25, 0.3) is 0 Å². The first kappa shape index (κ1) is 22.5. The van der Waals surface area contributed by atoms with E-state index in [2.05, 4.69) is 25.7 Å². The summed E-state index contributed by atoms with van der Waals surface area (Å²) in [5.41, 5.74) is 0. The van der Waals surface area contributed by atoms with Gasteiger partial charge in [-0.2, -0.15) is 0 Å². The van der Waals surface area contributed by atoms with Crippen LogP contribution >= 0.6 is 0 Å². The van der Waals surface area contributed by atoms with Crippen LogP contribution in [0.3, 0.4) is 0 Å². The molecular weight excluding hydrogens is 257 g/mol. The largest absolute Gasteiger partial charge is 1.00 e. The number of carbonyl (C=O) groups is 1. The third-order valence-electron chi connectivity index (χ3n) is 3.56. The first-order chi connectivity index (χ1) is 9.20. The number of rotatable bonds is 13. The van der Waals surface area contributed by atoms with E-state index in [9.17, 15) is 4.79 Å². The van der Waals surface area contributed by atoms with Gasteiger partial charge in [-0.1, -0.05) is 77.7 Å². The fourth-order valence-corrected chi connectivity index (χ4v) is 2.31. The molecule has 114 valence electrons. The van der Waals surface area contributed by atoms with Gasteiger partial charge >= 0.3 is 29.6 Å². The van der Waals surface area contributed by atoms with Crippen LogP contribution < -0.4 is 34.9 Å². The summed E-state index contributed by atoms with van der Waals surface area (Å²) in [6, 6.07) is 0.277. The first-order valence-electron chi connectivity index (χ1n) is 8.13. The summed E-state index contributed by atoms with van der Waals surface area (Å²) in [6.45, 7) is 7.79. The van der Waals surface area contributed by atoms with Gasteiger partial charge in [-0.3, -0.25) is 4.79 Å². The zero-order valence-corrected chi connectivity index (χ0v) is 16.0. The van der Waals surface area contributed by atoms with E-state index in [4.69, 9.17) is 0 Å². The van der Waals surface area contributed by atoms with Gasteiger partial charge in [0, 0.05) is 6.04 Å². The molecule has 0 aromatic rings. The van der Waals surface area contributed by atoms with Crippen LogP contribution in [-0.4, -0.2) is 11.9 Å². The van der Waals surface area contributed by atoms with Crippen molar-refractivity contribution in [2.75, 3.05) is 0 Å². The van der Waals surface area contributed by atoms with Crippen molar-refractivity contribution >= 4 is 5.91 Å². The van der Waals surface area contributed by atoms with Gasteiger partial charge in [0.15, 0.2) is 0 Å². The van der Waals surface area contributed by atoms with E-state index in [0.717, 1.165) is 6.42 Å². The van der Waals surface area contributed by atoms with Crippen molar-refractivity contribution in [2.45, 2.75) is 90.5 Å². The second kappa shape index (κ2) is 17.3. The molecule has 0 aliphatic carbocycles. The molecule has 0 spiro atoms. The van der Waals surface area contributed by atoms with Crippen LogP contribution in [0.4, 0.5) is 0 Å². The minimum atomic E-state index is -0.0559. The van der Waals surface area contributed by atoms with Crippen molar-refractivity contribution in [3.05, 3.63) is 12.7 Å². The van der Waals surface area contributed by atoms with Crippen molar-refractivity contribution in [3.63, 3.8) is 0 Å². The average Bonchev–Trinajstić information content (AvgIpc) is 2.40. The summed E-state index contributed by atoms with van der Waals surface area (Å²) in [5, 5.41) is 2.90. The average molecular weight is 291 g/mol. The van der Waals surface area contributed by atoms with Crippen LogP contribution in [0, 0.1) is 0 Å². The molecule has 0 aromatic heterocycles. The van der Waals surface area contributed by atoms with E-state index in [0.29, 0.717) is 0 Å². The topological polar surface area (TPSA) is 29.1 Å². The predicted molar refractivity (Wildman–Crippen MR) is 85.4 cm³/mol. The standard InChI is InChI=1S/C17H33NO.Na.H/c1-4-6-7-8-9-10-11-12-13-14-15-16(3)18-17(19)5-2;;/h5,16H,2,4,6-15H2,1,3H3,(H,18,19);;/q;+1;-1. The molecule has 0 heterocycles. The Morgan fingerprint density at radius 1 is 1.05 bits per heavy atom. The number of hydrogen-bond acceptors (Lipinski definition) is 1. The van der Waals surface area contributed by atoms with Gasteiger partial charge in [-0.15, -0.1) is 0 Å². The number of carbonyl (C=O) groups excluding carboxylic acids is 1. The molecule has 1 atom stereocenters. The third-order valence-corrected chi connectivity index (χ3v) is 3.56. The SMILES string of the molecule is C=CC(=O)NC(C)CCCCCCCCCCCC.[H-].[Na+].